The molecular weight excluding hydrogens is 340 g/mol. The minimum absolute atomic E-state index is 0.134. The third-order valence-electron chi connectivity index (χ3n) is 3.33. The summed E-state index contributed by atoms with van der Waals surface area (Å²) in [6.07, 6.45) is 0.642. The minimum atomic E-state index is -0.327. The fourth-order valence-corrected chi connectivity index (χ4v) is 2.93. The number of aromatic nitrogens is 1. The second-order valence-electron chi connectivity index (χ2n) is 5.46. The molecule has 0 bridgehead atoms. The first-order chi connectivity index (χ1) is 12.0. The van der Waals surface area contributed by atoms with Gasteiger partial charge in [-0.05, 0) is 31.7 Å². The molecule has 0 saturated heterocycles. The van der Waals surface area contributed by atoms with Gasteiger partial charge in [0.15, 0.2) is 0 Å². The van der Waals surface area contributed by atoms with Gasteiger partial charge in [0.25, 0.3) is 11.8 Å². The van der Waals surface area contributed by atoms with E-state index < -0.39 is 0 Å². The number of carbonyl (C=O) groups excluding carboxylic acids is 2. The van der Waals surface area contributed by atoms with Gasteiger partial charge in [0, 0.05) is 31.5 Å². The van der Waals surface area contributed by atoms with Gasteiger partial charge in [-0.3, -0.25) is 9.59 Å². The molecule has 0 saturated carbocycles. The Labute approximate surface area is 150 Å². The third kappa shape index (κ3) is 4.77. The quantitative estimate of drug-likeness (QED) is 0.785. The van der Waals surface area contributed by atoms with Crippen molar-refractivity contribution < 1.29 is 14.3 Å². The Kier molecular flexibility index (Phi) is 6.49. The normalized spacial score (nSPS) is 10.4. The molecule has 3 N–H and O–H groups in total. The highest BCUT2D eigenvalue weighted by molar-refractivity contribution is 7.09. The molecule has 1 aromatic heterocycles. The highest BCUT2D eigenvalue weighted by atomic mass is 32.1. The van der Waals surface area contributed by atoms with Crippen LogP contribution in [0.3, 0.4) is 0 Å². The van der Waals surface area contributed by atoms with E-state index in [9.17, 15) is 9.59 Å². The molecule has 0 spiro atoms. The Balaban J connectivity index is 2.22. The van der Waals surface area contributed by atoms with Crippen LogP contribution in [-0.4, -0.2) is 48.9 Å². The highest BCUT2D eigenvalue weighted by Gasteiger charge is 2.16. The van der Waals surface area contributed by atoms with Crippen molar-refractivity contribution in [3.05, 3.63) is 39.8 Å². The second kappa shape index (κ2) is 8.59. The minimum Gasteiger partial charge on any atom is -0.492 e. The van der Waals surface area contributed by atoms with Crippen molar-refractivity contribution in [1.82, 2.24) is 9.88 Å². The molecule has 0 aliphatic rings. The summed E-state index contributed by atoms with van der Waals surface area (Å²) >= 11 is 1.40. The molecule has 2 aromatic rings. The molecule has 8 heteroatoms. The van der Waals surface area contributed by atoms with Crippen molar-refractivity contribution in [3.8, 4) is 5.75 Å². The van der Waals surface area contributed by atoms with Crippen molar-refractivity contribution in [2.45, 2.75) is 13.3 Å². The van der Waals surface area contributed by atoms with Crippen LogP contribution in [-0.2, 0) is 6.42 Å². The van der Waals surface area contributed by atoms with E-state index >= 15 is 0 Å². The number of amides is 2. The molecule has 2 rings (SSSR count). The first-order valence-electron chi connectivity index (χ1n) is 7.90. The van der Waals surface area contributed by atoms with Crippen LogP contribution in [0.15, 0.2) is 23.6 Å². The van der Waals surface area contributed by atoms with Crippen LogP contribution < -0.4 is 15.8 Å². The van der Waals surface area contributed by atoms with Crippen LogP contribution in [0.4, 0.5) is 5.69 Å². The zero-order valence-electron chi connectivity index (χ0n) is 14.5. The Morgan fingerprint density at radius 2 is 2.12 bits per heavy atom. The number of benzene rings is 1. The predicted molar refractivity (Wildman–Crippen MR) is 98.5 cm³/mol. The summed E-state index contributed by atoms with van der Waals surface area (Å²) in [6, 6.07) is 4.94. The van der Waals surface area contributed by atoms with Gasteiger partial charge in [0.1, 0.15) is 11.4 Å². The largest absolute Gasteiger partial charge is 0.492 e. The predicted octanol–water partition coefficient (Wildman–Crippen LogP) is 2.00. The average Bonchev–Trinajstić information content (AvgIpc) is 3.05. The summed E-state index contributed by atoms with van der Waals surface area (Å²) in [5.41, 5.74) is 6.83. The number of carbonyl (C=O) groups is 2. The maximum atomic E-state index is 12.4. The van der Waals surface area contributed by atoms with E-state index in [4.69, 9.17) is 10.5 Å². The summed E-state index contributed by atoms with van der Waals surface area (Å²) < 4.78 is 5.57. The molecule has 1 aromatic carbocycles. The zero-order valence-corrected chi connectivity index (χ0v) is 15.4. The monoisotopic (exact) mass is 362 g/mol. The third-order valence-corrected chi connectivity index (χ3v) is 4.23. The van der Waals surface area contributed by atoms with Crippen molar-refractivity contribution in [2.75, 3.05) is 32.6 Å². The van der Waals surface area contributed by atoms with Gasteiger partial charge in [0.2, 0.25) is 0 Å². The molecule has 0 aliphatic heterocycles. The topological polar surface area (TPSA) is 97.5 Å². The maximum Gasteiger partial charge on any atom is 0.275 e. The lowest BCUT2D eigenvalue weighted by Crippen LogP contribution is -2.22. The lowest BCUT2D eigenvalue weighted by atomic mass is 10.1. The molecule has 0 radical (unpaired) electrons. The maximum absolute atomic E-state index is 12.4. The molecule has 1 heterocycles. The number of hydrogen-bond acceptors (Lipinski definition) is 6. The van der Waals surface area contributed by atoms with Crippen molar-refractivity contribution in [1.29, 1.82) is 0 Å². The van der Waals surface area contributed by atoms with Crippen LogP contribution in [0.2, 0.25) is 0 Å². The van der Waals surface area contributed by atoms with Crippen LogP contribution in [0.25, 0.3) is 0 Å². The van der Waals surface area contributed by atoms with Gasteiger partial charge >= 0.3 is 0 Å². The van der Waals surface area contributed by atoms with Crippen molar-refractivity contribution in [2.24, 2.45) is 5.73 Å². The smallest absolute Gasteiger partial charge is 0.275 e. The van der Waals surface area contributed by atoms with Gasteiger partial charge in [0.05, 0.1) is 17.3 Å². The van der Waals surface area contributed by atoms with Crippen LogP contribution >= 0.6 is 11.3 Å². The summed E-state index contributed by atoms with van der Waals surface area (Å²) in [4.78, 5) is 30.2. The number of nitrogens with two attached hydrogens (primary N) is 1. The number of anilines is 1. The Morgan fingerprint density at radius 1 is 1.36 bits per heavy atom. The number of thiazole rings is 1. The SMILES string of the molecule is CCOc1cc(C(=O)N(C)C)ccc1NC(=O)c1csc(CCN)n1. The molecule has 2 amide bonds. The molecule has 0 atom stereocenters. The van der Waals surface area contributed by atoms with Crippen molar-refractivity contribution >= 4 is 28.8 Å². The van der Waals surface area contributed by atoms with E-state index in [-0.39, 0.29) is 11.8 Å². The van der Waals surface area contributed by atoms with E-state index in [1.165, 1.54) is 16.2 Å². The standard InChI is InChI=1S/C17H22N4O3S/c1-4-24-14-9-11(17(23)21(2)3)5-6-12(14)20-16(22)13-10-25-15(19-13)7-8-18/h5-6,9-10H,4,7-8,18H2,1-3H3,(H,20,22). The lowest BCUT2D eigenvalue weighted by molar-refractivity contribution is 0.0827. The molecule has 0 fully saturated rings. The van der Waals surface area contributed by atoms with Crippen LogP contribution in [0.1, 0.15) is 32.8 Å². The first kappa shape index (κ1) is 18.9. The van der Waals surface area contributed by atoms with E-state index in [1.807, 2.05) is 6.92 Å². The first-order valence-corrected chi connectivity index (χ1v) is 8.78. The number of hydrogen-bond donors (Lipinski definition) is 2. The van der Waals surface area contributed by atoms with E-state index in [0.29, 0.717) is 42.3 Å². The fraction of sp³-hybridized carbons (Fsp3) is 0.353. The van der Waals surface area contributed by atoms with Gasteiger partial charge in [-0.25, -0.2) is 4.98 Å². The summed E-state index contributed by atoms with van der Waals surface area (Å²) in [5, 5.41) is 5.31. The Morgan fingerprint density at radius 3 is 2.76 bits per heavy atom. The summed E-state index contributed by atoms with van der Waals surface area (Å²) in [6.45, 7) is 2.75. The van der Waals surface area contributed by atoms with E-state index in [1.54, 1.807) is 37.7 Å². The molecule has 0 unspecified atom stereocenters. The summed E-state index contributed by atoms with van der Waals surface area (Å²) in [7, 11) is 3.36. The molecule has 7 nitrogen and oxygen atoms in total. The van der Waals surface area contributed by atoms with Crippen molar-refractivity contribution in [3.63, 3.8) is 0 Å². The van der Waals surface area contributed by atoms with E-state index in [0.717, 1.165) is 5.01 Å². The highest BCUT2D eigenvalue weighted by Crippen LogP contribution is 2.27. The Bertz CT molecular complexity index is 758. The molecule has 134 valence electrons. The lowest BCUT2D eigenvalue weighted by Gasteiger charge is -2.15. The second-order valence-corrected chi connectivity index (χ2v) is 6.41. The van der Waals surface area contributed by atoms with Gasteiger partial charge in [-0.1, -0.05) is 0 Å². The molecule has 25 heavy (non-hydrogen) atoms. The van der Waals surface area contributed by atoms with Crippen LogP contribution in [0, 0.1) is 0 Å². The van der Waals surface area contributed by atoms with Gasteiger partial charge in [-0.2, -0.15) is 0 Å². The number of ether oxygens (including phenoxy) is 1. The number of rotatable bonds is 7. The number of nitrogens with one attached hydrogen (secondary N) is 1. The Hall–Kier alpha value is -2.45. The van der Waals surface area contributed by atoms with E-state index in [2.05, 4.69) is 10.3 Å². The van der Waals surface area contributed by atoms with Gasteiger partial charge in [-0.15, -0.1) is 11.3 Å². The number of nitrogens with zero attached hydrogens (tertiary/aromatic N) is 2. The van der Waals surface area contributed by atoms with Crippen LogP contribution in [0.5, 0.6) is 5.75 Å². The average molecular weight is 362 g/mol. The fourth-order valence-electron chi connectivity index (χ4n) is 2.13. The summed E-state index contributed by atoms with van der Waals surface area (Å²) in [5.74, 6) is -0.0159. The van der Waals surface area contributed by atoms with Gasteiger partial charge < -0.3 is 20.7 Å². The molecule has 0 aliphatic carbocycles. The zero-order chi connectivity index (χ0) is 18.4. The molecular formula is C17H22N4O3S.